The van der Waals surface area contributed by atoms with Crippen LogP contribution >= 0.6 is 0 Å². The summed E-state index contributed by atoms with van der Waals surface area (Å²) < 4.78 is 16.0. The van der Waals surface area contributed by atoms with Crippen LogP contribution in [0.1, 0.15) is 63.9 Å². The number of rotatable bonds is 5. The Morgan fingerprint density at radius 3 is 2.46 bits per heavy atom. The number of ether oxygens (including phenoxy) is 3. The molecule has 8 nitrogen and oxygen atoms in total. The van der Waals surface area contributed by atoms with Crippen LogP contribution in [-0.4, -0.2) is 43.2 Å². The molecule has 0 bridgehead atoms. The van der Waals surface area contributed by atoms with Gasteiger partial charge in [-0.3, -0.25) is 9.59 Å². The van der Waals surface area contributed by atoms with Crippen LogP contribution in [0.3, 0.4) is 0 Å². The highest BCUT2D eigenvalue weighted by Crippen LogP contribution is 2.47. The number of nitrogens with one attached hydrogen (secondary N) is 1. The first-order chi connectivity index (χ1) is 16.8. The lowest BCUT2D eigenvalue weighted by Gasteiger charge is -2.38. The van der Waals surface area contributed by atoms with Crippen LogP contribution in [0.25, 0.3) is 0 Å². The summed E-state index contributed by atoms with van der Waals surface area (Å²) in [5.41, 5.74) is 2.46. The molecule has 1 aromatic carbocycles. The van der Waals surface area contributed by atoms with Gasteiger partial charge in [0, 0.05) is 22.9 Å². The Labute approximate surface area is 205 Å². The topological polar surface area (TPSA) is 111 Å². The van der Waals surface area contributed by atoms with E-state index in [1.807, 2.05) is 6.92 Å². The third-order valence-corrected chi connectivity index (χ3v) is 7.33. The van der Waals surface area contributed by atoms with Gasteiger partial charge in [-0.15, -0.1) is 0 Å². The van der Waals surface area contributed by atoms with Crippen LogP contribution in [0.4, 0.5) is 0 Å². The summed E-state index contributed by atoms with van der Waals surface area (Å²) in [6, 6.07) is 4.82. The summed E-state index contributed by atoms with van der Waals surface area (Å²) in [7, 11) is 2.71. The summed E-state index contributed by atoms with van der Waals surface area (Å²) in [5.74, 6) is -3.33. The van der Waals surface area contributed by atoms with Crippen molar-refractivity contribution < 1.29 is 33.7 Å². The number of ketones is 1. The van der Waals surface area contributed by atoms with Gasteiger partial charge in [-0.05, 0) is 62.6 Å². The van der Waals surface area contributed by atoms with Crippen molar-refractivity contribution in [2.24, 2.45) is 11.8 Å². The minimum absolute atomic E-state index is 0.107. The Hall–Kier alpha value is -3.29. The number of hydrogen-bond acceptors (Lipinski definition) is 8. The van der Waals surface area contributed by atoms with Gasteiger partial charge in [0.2, 0.25) is 0 Å². The minimum atomic E-state index is -0.969. The fourth-order valence-electron chi connectivity index (χ4n) is 5.57. The zero-order valence-corrected chi connectivity index (χ0v) is 20.7. The van der Waals surface area contributed by atoms with Crippen LogP contribution < -0.4 is 10.1 Å². The zero-order chi connectivity index (χ0) is 25.3. The lowest BCUT2D eigenvalue weighted by Crippen LogP contribution is -2.43. The summed E-state index contributed by atoms with van der Waals surface area (Å²) in [6.07, 6.45) is 5.06. The highest BCUT2D eigenvalue weighted by atomic mass is 16.5. The number of phenolic OH excluding ortho intramolecular Hbond substituents is 1. The number of phenols is 1. The van der Waals surface area contributed by atoms with Crippen LogP contribution in [0.15, 0.2) is 40.7 Å². The molecule has 2 N–H and O–H groups in total. The molecule has 3 aliphatic rings. The van der Waals surface area contributed by atoms with Crippen molar-refractivity contribution in [2.45, 2.75) is 64.4 Å². The maximum absolute atomic E-state index is 13.8. The van der Waals surface area contributed by atoms with Gasteiger partial charge in [0.05, 0.1) is 19.8 Å². The van der Waals surface area contributed by atoms with Gasteiger partial charge in [-0.2, -0.15) is 0 Å². The van der Waals surface area contributed by atoms with E-state index in [1.54, 1.807) is 19.1 Å². The number of esters is 2. The van der Waals surface area contributed by atoms with Gasteiger partial charge < -0.3 is 24.6 Å². The molecule has 1 aliphatic heterocycles. The predicted octanol–water partition coefficient (Wildman–Crippen LogP) is 3.89. The number of methoxy groups -OCH3 is 2. The van der Waals surface area contributed by atoms with Gasteiger partial charge in [-0.25, -0.2) is 4.79 Å². The standard InChI is InChI=1S/C27H33NO7/c1-14-12-18-24(25(30)21(14)26(31)34-4)23(16-10-11-20(33-3)19(29)13-16)22(15(2)28-18)27(32)35-17-8-6-5-7-9-17/h10-11,13-14,17,21,23,28-29H,5-9,12H2,1-4H3/t14-,21+,23-/m0/s1. The highest BCUT2D eigenvalue weighted by Gasteiger charge is 2.47. The molecule has 0 amide bonds. The molecule has 1 heterocycles. The Morgan fingerprint density at radius 2 is 1.83 bits per heavy atom. The third-order valence-electron chi connectivity index (χ3n) is 7.33. The highest BCUT2D eigenvalue weighted by molar-refractivity contribution is 6.12. The largest absolute Gasteiger partial charge is 0.504 e. The molecule has 0 saturated heterocycles. The SMILES string of the molecule is COC(=O)[C@H]1C(=O)C2=C(C[C@@H]1C)NC(C)=C(C(=O)OC1CCCCC1)[C@@H]2c1ccc(OC)c(O)c1. The third kappa shape index (κ3) is 4.66. The average molecular weight is 484 g/mol. The average Bonchev–Trinajstić information content (AvgIpc) is 2.83. The van der Waals surface area contributed by atoms with Crippen LogP contribution in [0.2, 0.25) is 0 Å². The van der Waals surface area contributed by atoms with Crippen LogP contribution in [0, 0.1) is 11.8 Å². The van der Waals surface area contributed by atoms with E-state index in [-0.39, 0.29) is 29.3 Å². The molecule has 0 spiro atoms. The maximum atomic E-state index is 13.8. The van der Waals surface area contributed by atoms with Crippen LogP contribution in [0.5, 0.6) is 11.5 Å². The van der Waals surface area contributed by atoms with E-state index >= 15 is 0 Å². The predicted molar refractivity (Wildman–Crippen MR) is 128 cm³/mol. The quantitative estimate of drug-likeness (QED) is 0.479. The number of aromatic hydroxyl groups is 1. The Bertz CT molecular complexity index is 1100. The first kappa shape index (κ1) is 24.8. The molecule has 35 heavy (non-hydrogen) atoms. The van der Waals surface area contributed by atoms with Gasteiger partial charge in [0.1, 0.15) is 12.0 Å². The lowest BCUT2D eigenvalue weighted by molar-refractivity contribution is -0.151. The summed E-state index contributed by atoms with van der Waals surface area (Å²) in [4.78, 5) is 39.9. The molecule has 188 valence electrons. The Balaban J connectivity index is 1.81. The van der Waals surface area contributed by atoms with Crippen molar-refractivity contribution in [3.05, 3.63) is 46.3 Å². The van der Waals surface area contributed by atoms with Crippen LogP contribution in [-0.2, 0) is 23.9 Å². The molecule has 1 saturated carbocycles. The molecule has 1 fully saturated rings. The zero-order valence-electron chi connectivity index (χ0n) is 20.7. The van der Waals surface area contributed by atoms with E-state index in [1.165, 1.54) is 20.3 Å². The molecular weight excluding hydrogens is 450 g/mol. The second-order valence-corrected chi connectivity index (χ2v) is 9.63. The van der Waals surface area contributed by atoms with E-state index in [0.29, 0.717) is 34.5 Å². The number of allylic oxidation sites excluding steroid dienone is 3. The first-order valence-electron chi connectivity index (χ1n) is 12.2. The molecule has 0 aromatic heterocycles. The fourth-order valence-corrected chi connectivity index (χ4v) is 5.57. The lowest BCUT2D eigenvalue weighted by atomic mass is 9.69. The Kier molecular flexibility index (Phi) is 7.19. The van der Waals surface area contributed by atoms with E-state index in [2.05, 4.69) is 5.32 Å². The number of carbonyl (C=O) groups excluding carboxylic acids is 3. The molecule has 2 aliphatic carbocycles. The second kappa shape index (κ2) is 10.1. The molecule has 0 unspecified atom stereocenters. The van der Waals surface area contributed by atoms with Crippen molar-refractivity contribution in [1.29, 1.82) is 0 Å². The van der Waals surface area contributed by atoms with E-state index in [0.717, 1.165) is 32.1 Å². The van der Waals surface area contributed by atoms with Crippen molar-refractivity contribution in [2.75, 3.05) is 14.2 Å². The smallest absolute Gasteiger partial charge is 0.337 e. The van der Waals surface area contributed by atoms with Crippen molar-refractivity contribution in [1.82, 2.24) is 5.32 Å². The summed E-state index contributed by atoms with van der Waals surface area (Å²) in [5, 5.41) is 13.8. The number of benzene rings is 1. The summed E-state index contributed by atoms with van der Waals surface area (Å²) in [6.45, 7) is 3.63. The second-order valence-electron chi connectivity index (χ2n) is 9.63. The molecule has 1 aromatic rings. The van der Waals surface area contributed by atoms with Gasteiger partial charge in [0.25, 0.3) is 0 Å². The number of dihydropyridines is 1. The van der Waals surface area contributed by atoms with Gasteiger partial charge in [-0.1, -0.05) is 19.4 Å². The van der Waals surface area contributed by atoms with E-state index in [4.69, 9.17) is 14.2 Å². The molecule has 4 rings (SSSR count). The minimum Gasteiger partial charge on any atom is -0.504 e. The van der Waals surface area contributed by atoms with E-state index < -0.39 is 23.8 Å². The number of hydrogen-bond donors (Lipinski definition) is 2. The maximum Gasteiger partial charge on any atom is 0.337 e. The fraction of sp³-hybridized carbons (Fsp3) is 0.519. The summed E-state index contributed by atoms with van der Waals surface area (Å²) >= 11 is 0. The van der Waals surface area contributed by atoms with Crippen molar-refractivity contribution >= 4 is 17.7 Å². The number of carbonyl (C=O) groups is 3. The normalized spacial score (nSPS) is 25.0. The molecule has 8 heteroatoms. The molecular formula is C27H33NO7. The van der Waals surface area contributed by atoms with E-state index in [9.17, 15) is 19.5 Å². The molecule has 3 atom stereocenters. The van der Waals surface area contributed by atoms with Gasteiger partial charge in [0.15, 0.2) is 17.3 Å². The van der Waals surface area contributed by atoms with Crippen molar-refractivity contribution in [3.63, 3.8) is 0 Å². The monoisotopic (exact) mass is 483 g/mol. The number of Topliss-reactive ketones (excluding diaryl/α,β-unsaturated/α-hetero) is 1. The first-order valence-corrected chi connectivity index (χ1v) is 12.2. The van der Waals surface area contributed by atoms with Gasteiger partial charge >= 0.3 is 11.9 Å². The molecule has 0 radical (unpaired) electrons. The Morgan fingerprint density at radius 1 is 1.11 bits per heavy atom. The van der Waals surface area contributed by atoms with Crippen molar-refractivity contribution in [3.8, 4) is 11.5 Å².